The fourth-order valence-electron chi connectivity index (χ4n) is 2.48. The molecular formula is C22H24N2O2. The van der Waals surface area contributed by atoms with E-state index in [4.69, 9.17) is 4.74 Å². The summed E-state index contributed by atoms with van der Waals surface area (Å²) >= 11 is 0. The lowest BCUT2D eigenvalue weighted by Crippen LogP contribution is -2.06. The van der Waals surface area contributed by atoms with Crippen molar-refractivity contribution in [2.24, 2.45) is 0 Å². The van der Waals surface area contributed by atoms with Gasteiger partial charge in [-0.3, -0.25) is 9.78 Å². The van der Waals surface area contributed by atoms with Crippen molar-refractivity contribution in [2.45, 2.75) is 27.7 Å². The van der Waals surface area contributed by atoms with Gasteiger partial charge in [0.15, 0.2) is 0 Å². The summed E-state index contributed by atoms with van der Waals surface area (Å²) in [5, 5.41) is 0. The second kappa shape index (κ2) is 8.90. The van der Waals surface area contributed by atoms with Gasteiger partial charge in [0.1, 0.15) is 11.4 Å². The van der Waals surface area contributed by atoms with E-state index in [1.165, 1.54) is 0 Å². The monoisotopic (exact) mass is 348 g/mol. The molecule has 0 bridgehead atoms. The Balaban J connectivity index is 0.00000117. The second-order valence-electron chi connectivity index (χ2n) is 5.69. The zero-order chi connectivity index (χ0) is 19.1. The number of aryl methyl sites for hydroxylation is 2. The molecule has 2 heterocycles. The van der Waals surface area contributed by atoms with E-state index in [0.717, 1.165) is 16.8 Å². The van der Waals surface area contributed by atoms with Crippen molar-refractivity contribution < 1.29 is 9.53 Å². The summed E-state index contributed by atoms with van der Waals surface area (Å²) < 4.78 is 5.13. The first kappa shape index (κ1) is 19.3. The molecule has 0 fully saturated rings. The average Bonchev–Trinajstić information content (AvgIpc) is 2.68. The minimum absolute atomic E-state index is 0.116. The van der Waals surface area contributed by atoms with Crippen LogP contribution in [0, 0.1) is 13.8 Å². The summed E-state index contributed by atoms with van der Waals surface area (Å²) in [6, 6.07) is 14.7. The van der Waals surface area contributed by atoms with E-state index >= 15 is 0 Å². The van der Waals surface area contributed by atoms with Crippen molar-refractivity contribution in [3.8, 4) is 17.1 Å². The Morgan fingerprint density at radius 2 is 1.54 bits per heavy atom. The Bertz CT molecular complexity index is 887. The third-order valence-electron chi connectivity index (χ3n) is 3.73. The standard InChI is InChI=1S/C20H18N2O2.C2H6/c1-13-8-9-21-17(10-13)18-11-14(2)12-19(22-18)20(23)15-4-6-16(24-3)7-5-15;1-2/h4-12H,1-3H3;1-2H3. The van der Waals surface area contributed by atoms with Crippen LogP contribution in [-0.4, -0.2) is 22.9 Å². The van der Waals surface area contributed by atoms with Gasteiger partial charge < -0.3 is 4.74 Å². The summed E-state index contributed by atoms with van der Waals surface area (Å²) in [4.78, 5) is 21.6. The van der Waals surface area contributed by atoms with Crippen LogP contribution >= 0.6 is 0 Å². The molecule has 2 aromatic heterocycles. The van der Waals surface area contributed by atoms with Crippen molar-refractivity contribution >= 4 is 5.78 Å². The Hall–Kier alpha value is -3.01. The number of hydrogen-bond donors (Lipinski definition) is 0. The van der Waals surface area contributed by atoms with E-state index in [0.29, 0.717) is 22.7 Å². The molecular weight excluding hydrogens is 324 g/mol. The molecule has 1 aromatic carbocycles. The molecule has 0 saturated carbocycles. The smallest absolute Gasteiger partial charge is 0.211 e. The van der Waals surface area contributed by atoms with Gasteiger partial charge in [0, 0.05) is 11.8 Å². The van der Waals surface area contributed by atoms with E-state index < -0.39 is 0 Å². The van der Waals surface area contributed by atoms with Gasteiger partial charge >= 0.3 is 0 Å². The molecule has 0 aliphatic rings. The van der Waals surface area contributed by atoms with Crippen LogP contribution in [0.4, 0.5) is 0 Å². The Labute approximate surface area is 154 Å². The Morgan fingerprint density at radius 3 is 2.15 bits per heavy atom. The van der Waals surface area contributed by atoms with Crippen LogP contribution in [-0.2, 0) is 0 Å². The number of carbonyl (C=O) groups excluding carboxylic acids is 1. The van der Waals surface area contributed by atoms with Crippen LogP contribution in [0.5, 0.6) is 5.75 Å². The fourth-order valence-corrected chi connectivity index (χ4v) is 2.48. The highest BCUT2D eigenvalue weighted by Gasteiger charge is 2.13. The minimum atomic E-state index is -0.116. The van der Waals surface area contributed by atoms with Gasteiger partial charge in [0.2, 0.25) is 5.78 Å². The molecule has 0 aliphatic heterocycles. The van der Waals surface area contributed by atoms with Gasteiger partial charge in [-0.05, 0) is 73.5 Å². The summed E-state index contributed by atoms with van der Waals surface area (Å²) in [7, 11) is 1.60. The van der Waals surface area contributed by atoms with Crippen molar-refractivity contribution in [3.63, 3.8) is 0 Å². The molecule has 4 nitrogen and oxygen atoms in total. The minimum Gasteiger partial charge on any atom is -0.497 e. The molecule has 0 spiro atoms. The maximum atomic E-state index is 12.7. The third-order valence-corrected chi connectivity index (χ3v) is 3.73. The molecule has 4 heteroatoms. The van der Waals surface area contributed by atoms with Gasteiger partial charge in [-0.2, -0.15) is 0 Å². The lowest BCUT2D eigenvalue weighted by Gasteiger charge is -2.07. The largest absolute Gasteiger partial charge is 0.497 e. The number of pyridine rings is 2. The van der Waals surface area contributed by atoms with Crippen LogP contribution in [0.2, 0.25) is 0 Å². The molecule has 0 unspecified atom stereocenters. The lowest BCUT2D eigenvalue weighted by molar-refractivity contribution is 0.103. The number of hydrogen-bond acceptors (Lipinski definition) is 4. The van der Waals surface area contributed by atoms with Crippen LogP contribution < -0.4 is 4.74 Å². The highest BCUT2D eigenvalue weighted by molar-refractivity contribution is 6.08. The van der Waals surface area contributed by atoms with Gasteiger partial charge in [0.05, 0.1) is 18.5 Å². The summed E-state index contributed by atoms with van der Waals surface area (Å²) in [6.45, 7) is 7.95. The van der Waals surface area contributed by atoms with Gasteiger partial charge in [-0.15, -0.1) is 0 Å². The van der Waals surface area contributed by atoms with Crippen LogP contribution in [0.25, 0.3) is 11.4 Å². The predicted molar refractivity (Wildman–Crippen MR) is 105 cm³/mol. The van der Waals surface area contributed by atoms with E-state index in [9.17, 15) is 4.79 Å². The normalized spacial score (nSPS) is 9.88. The molecule has 0 saturated heterocycles. The zero-order valence-corrected chi connectivity index (χ0v) is 15.9. The van der Waals surface area contributed by atoms with Gasteiger partial charge in [-0.1, -0.05) is 13.8 Å². The van der Waals surface area contributed by atoms with Gasteiger partial charge in [-0.25, -0.2) is 4.98 Å². The molecule has 3 aromatic rings. The number of nitrogens with zero attached hydrogens (tertiary/aromatic N) is 2. The van der Waals surface area contributed by atoms with Crippen molar-refractivity contribution in [1.29, 1.82) is 0 Å². The number of methoxy groups -OCH3 is 1. The molecule has 134 valence electrons. The first-order chi connectivity index (χ1) is 12.6. The molecule has 0 atom stereocenters. The summed E-state index contributed by atoms with van der Waals surface area (Å²) in [5.74, 6) is 0.601. The fraction of sp³-hybridized carbons (Fsp3) is 0.227. The molecule has 0 radical (unpaired) electrons. The van der Waals surface area contributed by atoms with Crippen molar-refractivity contribution in [1.82, 2.24) is 9.97 Å². The second-order valence-corrected chi connectivity index (χ2v) is 5.69. The number of aromatic nitrogens is 2. The van der Waals surface area contributed by atoms with Crippen LogP contribution in [0.15, 0.2) is 54.7 Å². The number of benzene rings is 1. The first-order valence-electron chi connectivity index (χ1n) is 8.67. The zero-order valence-electron chi connectivity index (χ0n) is 15.9. The molecule has 26 heavy (non-hydrogen) atoms. The highest BCUT2D eigenvalue weighted by atomic mass is 16.5. The highest BCUT2D eigenvalue weighted by Crippen LogP contribution is 2.20. The topological polar surface area (TPSA) is 52.1 Å². The lowest BCUT2D eigenvalue weighted by atomic mass is 10.0. The average molecular weight is 348 g/mol. The number of carbonyl (C=O) groups is 1. The van der Waals surface area contributed by atoms with Crippen molar-refractivity contribution in [3.05, 3.63) is 77.1 Å². The third kappa shape index (κ3) is 4.54. The Kier molecular flexibility index (Phi) is 6.61. The maximum absolute atomic E-state index is 12.7. The first-order valence-corrected chi connectivity index (χ1v) is 8.67. The quantitative estimate of drug-likeness (QED) is 0.621. The van der Waals surface area contributed by atoms with E-state index in [2.05, 4.69) is 9.97 Å². The van der Waals surface area contributed by atoms with Crippen LogP contribution in [0.1, 0.15) is 41.0 Å². The molecule has 0 amide bonds. The number of rotatable bonds is 4. The maximum Gasteiger partial charge on any atom is 0.211 e. The summed E-state index contributed by atoms with van der Waals surface area (Å²) in [6.07, 6.45) is 1.75. The number of ether oxygens (including phenoxy) is 1. The van der Waals surface area contributed by atoms with Crippen LogP contribution in [0.3, 0.4) is 0 Å². The molecule has 3 rings (SSSR count). The SMILES string of the molecule is CC.COc1ccc(C(=O)c2cc(C)cc(-c3cc(C)ccn3)n2)cc1. The predicted octanol–water partition coefficient (Wildman–Crippen LogP) is 5.03. The number of ketones is 1. The molecule has 0 N–H and O–H groups in total. The van der Waals surface area contributed by atoms with Gasteiger partial charge in [0.25, 0.3) is 0 Å². The van der Waals surface area contributed by atoms with Crippen molar-refractivity contribution in [2.75, 3.05) is 7.11 Å². The van der Waals surface area contributed by atoms with E-state index in [1.807, 2.05) is 45.9 Å². The van der Waals surface area contributed by atoms with E-state index in [-0.39, 0.29) is 5.78 Å². The summed E-state index contributed by atoms with van der Waals surface area (Å²) in [5.41, 5.74) is 4.54. The molecule has 0 aliphatic carbocycles. The Morgan fingerprint density at radius 1 is 0.885 bits per heavy atom. The van der Waals surface area contributed by atoms with E-state index in [1.54, 1.807) is 43.6 Å².